The molecule has 0 aliphatic carbocycles. The van der Waals surface area contributed by atoms with E-state index in [0.717, 1.165) is 12.8 Å². The molecule has 0 aliphatic rings. The van der Waals surface area contributed by atoms with E-state index in [2.05, 4.69) is 12.2 Å². The first-order chi connectivity index (χ1) is 11.5. The third kappa shape index (κ3) is 19.4. The lowest BCUT2D eigenvalue weighted by Crippen LogP contribution is -2.25. The van der Waals surface area contributed by atoms with Gasteiger partial charge in [0.1, 0.15) is 0 Å². The van der Waals surface area contributed by atoms with Crippen LogP contribution in [0.4, 0.5) is 0 Å². The highest BCUT2D eigenvalue weighted by atomic mass is 32.2. The minimum atomic E-state index is -3.91. The fourth-order valence-corrected chi connectivity index (χ4v) is 3.21. The fourth-order valence-electron chi connectivity index (χ4n) is 2.70. The molecule has 0 fully saturated rings. The van der Waals surface area contributed by atoms with E-state index in [1.54, 1.807) is 0 Å². The molecule has 0 bridgehead atoms. The molecule has 144 valence electrons. The van der Waals surface area contributed by atoms with Gasteiger partial charge in [-0.2, -0.15) is 8.42 Å². The molecule has 0 aliphatic heterocycles. The molecule has 24 heavy (non-hydrogen) atoms. The zero-order valence-electron chi connectivity index (χ0n) is 15.4. The highest BCUT2D eigenvalue weighted by molar-refractivity contribution is 7.85. The molecule has 0 aromatic carbocycles. The maximum atomic E-state index is 11.5. The molecule has 0 radical (unpaired) electrons. The Morgan fingerprint density at radius 3 is 1.71 bits per heavy atom. The van der Waals surface area contributed by atoms with E-state index in [0.29, 0.717) is 13.0 Å². The van der Waals surface area contributed by atoms with Gasteiger partial charge in [-0.05, 0) is 12.8 Å². The smallest absolute Gasteiger partial charge is 0.264 e. The predicted molar refractivity (Wildman–Crippen MR) is 99.7 cm³/mol. The molecule has 0 aromatic rings. The Bertz CT molecular complexity index is 396. The van der Waals surface area contributed by atoms with Gasteiger partial charge in [0.25, 0.3) is 10.1 Å². The van der Waals surface area contributed by atoms with Crippen LogP contribution in [0, 0.1) is 0 Å². The second kappa shape index (κ2) is 15.9. The number of hydrogen-bond acceptors (Lipinski definition) is 3. The highest BCUT2D eigenvalue weighted by Gasteiger charge is 2.05. The largest absolute Gasteiger partial charge is 0.356 e. The molecule has 0 saturated carbocycles. The topological polar surface area (TPSA) is 83.5 Å². The van der Waals surface area contributed by atoms with Crippen molar-refractivity contribution in [2.45, 2.75) is 96.8 Å². The SMILES string of the molecule is CCCCCCCCCCCCCCC(=O)NCCCS(=O)(=O)O. The first-order valence-electron chi connectivity index (χ1n) is 9.67. The standard InChI is InChI=1S/C18H37NO4S/c1-2-3-4-5-6-7-8-9-10-11-12-13-15-18(20)19-16-14-17-24(21,22)23/h2-17H2,1H3,(H,19,20)(H,21,22,23). The summed E-state index contributed by atoms with van der Waals surface area (Å²) < 4.78 is 29.6. The van der Waals surface area contributed by atoms with Crippen LogP contribution in [-0.4, -0.2) is 31.2 Å². The van der Waals surface area contributed by atoms with Gasteiger partial charge in [0.2, 0.25) is 5.91 Å². The minimum absolute atomic E-state index is 0.0302. The number of hydrogen-bond donors (Lipinski definition) is 2. The first kappa shape index (κ1) is 23.4. The van der Waals surface area contributed by atoms with Gasteiger partial charge in [-0.3, -0.25) is 9.35 Å². The van der Waals surface area contributed by atoms with Crippen LogP contribution in [0.15, 0.2) is 0 Å². The highest BCUT2D eigenvalue weighted by Crippen LogP contribution is 2.12. The molecule has 0 rings (SSSR count). The third-order valence-electron chi connectivity index (χ3n) is 4.16. The zero-order chi connectivity index (χ0) is 18.1. The van der Waals surface area contributed by atoms with Gasteiger partial charge in [-0.15, -0.1) is 0 Å². The lowest BCUT2D eigenvalue weighted by atomic mass is 10.0. The van der Waals surface area contributed by atoms with E-state index in [4.69, 9.17) is 4.55 Å². The van der Waals surface area contributed by atoms with Crippen molar-refractivity contribution in [3.8, 4) is 0 Å². The number of carbonyl (C=O) groups excluding carboxylic acids is 1. The van der Waals surface area contributed by atoms with Crippen LogP contribution < -0.4 is 5.32 Å². The second-order valence-corrected chi connectivity index (χ2v) is 8.20. The van der Waals surface area contributed by atoms with Crippen molar-refractivity contribution in [2.75, 3.05) is 12.3 Å². The van der Waals surface area contributed by atoms with Gasteiger partial charge in [-0.25, -0.2) is 0 Å². The van der Waals surface area contributed by atoms with Crippen molar-refractivity contribution >= 4 is 16.0 Å². The lowest BCUT2D eigenvalue weighted by molar-refractivity contribution is -0.121. The predicted octanol–water partition coefficient (Wildman–Crippen LogP) is 4.47. The molecular formula is C18H37NO4S. The Morgan fingerprint density at radius 2 is 1.25 bits per heavy atom. The van der Waals surface area contributed by atoms with Gasteiger partial charge in [0.15, 0.2) is 0 Å². The van der Waals surface area contributed by atoms with Crippen LogP contribution in [0.1, 0.15) is 96.8 Å². The molecule has 5 nitrogen and oxygen atoms in total. The molecule has 0 aromatic heterocycles. The van der Waals surface area contributed by atoms with Crippen molar-refractivity contribution in [3.63, 3.8) is 0 Å². The summed E-state index contributed by atoms with van der Waals surface area (Å²) in [5.41, 5.74) is 0. The fraction of sp³-hybridized carbons (Fsp3) is 0.944. The maximum absolute atomic E-state index is 11.5. The van der Waals surface area contributed by atoms with E-state index >= 15 is 0 Å². The monoisotopic (exact) mass is 363 g/mol. The number of unbranched alkanes of at least 4 members (excludes halogenated alkanes) is 11. The van der Waals surface area contributed by atoms with Crippen LogP contribution in [0.25, 0.3) is 0 Å². The summed E-state index contributed by atoms with van der Waals surface area (Å²) in [6, 6.07) is 0. The summed E-state index contributed by atoms with van der Waals surface area (Å²) in [7, 11) is -3.91. The summed E-state index contributed by atoms with van der Waals surface area (Å²) >= 11 is 0. The molecule has 2 N–H and O–H groups in total. The van der Waals surface area contributed by atoms with Crippen molar-refractivity contribution < 1.29 is 17.8 Å². The second-order valence-electron chi connectivity index (χ2n) is 6.63. The van der Waals surface area contributed by atoms with E-state index < -0.39 is 10.1 Å². The Labute approximate surface area is 148 Å². The van der Waals surface area contributed by atoms with Crippen molar-refractivity contribution in [3.05, 3.63) is 0 Å². The molecule has 0 spiro atoms. The van der Waals surface area contributed by atoms with E-state index in [-0.39, 0.29) is 18.1 Å². The number of carbonyl (C=O) groups is 1. The zero-order valence-corrected chi connectivity index (χ0v) is 16.2. The number of nitrogens with one attached hydrogen (secondary N) is 1. The Balaban J connectivity index is 3.22. The van der Waals surface area contributed by atoms with Gasteiger partial charge in [0.05, 0.1) is 5.75 Å². The Hall–Kier alpha value is -0.620. The van der Waals surface area contributed by atoms with Gasteiger partial charge in [0, 0.05) is 13.0 Å². The van der Waals surface area contributed by atoms with Gasteiger partial charge >= 0.3 is 0 Å². The van der Waals surface area contributed by atoms with Gasteiger partial charge in [-0.1, -0.05) is 77.6 Å². The average Bonchev–Trinajstić information content (AvgIpc) is 2.52. The number of rotatable bonds is 17. The maximum Gasteiger partial charge on any atom is 0.264 e. The summed E-state index contributed by atoms with van der Waals surface area (Å²) in [6.07, 6.45) is 16.0. The molecule has 0 atom stereocenters. The molecule has 0 saturated heterocycles. The first-order valence-corrected chi connectivity index (χ1v) is 11.3. The molecule has 0 unspecified atom stereocenters. The van der Waals surface area contributed by atoms with Gasteiger partial charge < -0.3 is 5.32 Å². The van der Waals surface area contributed by atoms with Crippen molar-refractivity contribution in [2.24, 2.45) is 0 Å². The molecule has 0 heterocycles. The minimum Gasteiger partial charge on any atom is -0.356 e. The van der Waals surface area contributed by atoms with E-state index in [1.807, 2.05) is 0 Å². The summed E-state index contributed by atoms with van der Waals surface area (Å²) in [5.74, 6) is -0.330. The Morgan fingerprint density at radius 1 is 0.792 bits per heavy atom. The van der Waals surface area contributed by atoms with E-state index in [1.165, 1.54) is 64.2 Å². The molecule has 6 heteroatoms. The summed E-state index contributed by atoms with van der Waals surface area (Å²) in [4.78, 5) is 11.5. The van der Waals surface area contributed by atoms with Crippen LogP contribution >= 0.6 is 0 Å². The van der Waals surface area contributed by atoms with Crippen LogP contribution in [-0.2, 0) is 14.9 Å². The number of amides is 1. The van der Waals surface area contributed by atoms with Crippen molar-refractivity contribution in [1.82, 2.24) is 5.32 Å². The van der Waals surface area contributed by atoms with Crippen LogP contribution in [0.3, 0.4) is 0 Å². The third-order valence-corrected chi connectivity index (χ3v) is 4.96. The summed E-state index contributed by atoms with van der Waals surface area (Å²) in [6.45, 7) is 2.55. The normalized spacial score (nSPS) is 11.6. The summed E-state index contributed by atoms with van der Waals surface area (Å²) in [5, 5.41) is 2.68. The van der Waals surface area contributed by atoms with Crippen LogP contribution in [0.5, 0.6) is 0 Å². The van der Waals surface area contributed by atoms with E-state index in [9.17, 15) is 13.2 Å². The Kier molecular flexibility index (Phi) is 15.5. The quantitative estimate of drug-likeness (QED) is 0.295. The lowest BCUT2D eigenvalue weighted by Gasteiger charge is -2.05. The van der Waals surface area contributed by atoms with Crippen LogP contribution in [0.2, 0.25) is 0 Å². The average molecular weight is 364 g/mol. The molecular weight excluding hydrogens is 326 g/mol. The molecule has 1 amide bonds. The van der Waals surface area contributed by atoms with Crippen molar-refractivity contribution in [1.29, 1.82) is 0 Å².